The largest absolute Gasteiger partial charge is 0.478 e. The fraction of sp³-hybridized carbons (Fsp3) is 0.417. The van der Waals surface area contributed by atoms with Gasteiger partial charge in [-0.3, -0.25) is 0 Å². The summed E-state index contributed by atoms with van der Waals surface area (Å²) in [6, 6.07) is 0.339. The van der Waals surface area contributed by atoms with Gasteiger partial charge in [-0.1, -0.05) is 0 Å². The van der Waals surface area contributed by atoms with Crippen molar-refractivity contribution < 1.29 is 32.2 Å². The second-order valence-corrected chi connectivity index (χ2v) is 6.15. The Morgan fingerprint density at radius 1 is 1.38 bits per heavy atom. The van der Waals surface area contributed by atoms with Crippen LogP contribution in [0.1, 0.15) is 30.1 Å². The van der Waals surface area contributed by atoms with E-state index in [-0.39, 0.29) is 6.61 Å². The minimum Gasteiger partial charge on any atom is -0.478 e. The molecule has 0 fully saturated rings. The smallest absolute Gasteiger partial charge is 0.335 e. The van der Waals surface area contributed by atoms with E-state index < -0.39 is 44.1 Å². The summed E-state index contributed by atoms with van der Waals surface area (Å²) in [4.78, 5) is 9.72. The van der Waals surface area contributed by atoms with Crippen LogP contribution in [0.4, 0.5) is 8.78 Å². The fourth-order valence-electron chi connectivity index (χ4n) is 1.67. The number of sulfonamides is 1. The van der Waals surface area contributed by atoms with Gasteiger partial charge < -0.3 is 10.2 Å². The number of carboxylic acid groups (broad SMARTS) is 1. The number of halogens is 2. The van der Waals surface area contributed by atoms with Crippen LogP contribution in [0.15, 0.2) is 17.0 Å². The van der Waals surface area contributed by atoms with Gasteiger partial charge >= 0.3 is 5.97 Å². The molecule has 0 amide bonds. The lowest BCUT2D eigenvalue weighted by atomic mass is 10.2. The van der Waals surface area contributed by atoms with Gasteiger partial charge in [-0.15, -0.1) is 0 Å². The van der Waals surface area contributed by atoms with Gasteiger partial charge in [-0.25, -0.2) is 26.7 Å². The van der Waals surface area contributed by atoms with E-state index in [4.69, 9.17) is 10.2 Å². The third-order valence-corrected chi connectivity index (χ3v) is 4.27. The highest BCUT2D eigenvalue weighted by molar-refractivity contribution is 7.89. The Bertz CT molecular complexity index is 633. The van der Waals surface area contributed by atoms with Crippen LogP contribution in [0.3, 0.4) is 0 Å². The zero-order valence-electron chi connectivity index (χ0n) is 11.1. The normalized spacial score (nSPS) is 13.1. The molecule has 6 nitrogen and oxygen atoms in total. The fourth-order valence-corrected chi connectivity index (χ4v) is 3.06. The summed E-state index contributed by atoms with van der Waals surface area (Å²) >= 11 is 0. The Kier molecular flexibility index (Phi) is 5.76. The minimum absolute atomic E-state index is 0.135. The first-order valence-electron chi connectivity index (χ1n) is 6.04. The van der Waals surface area contributed by atoms with E-state index in [1.807, 2.05) is 0 Å². The molecule has 0 heterocycles. The number of rotatable bonds is 7. The van der Waals surface area contributed by atoms with Crippen molar-refractivity contribution >= 4 is 16.0 Å². The molecule has 118 valence electrons. The maximum absolute atomic E-state index is 13.6. The first kappa shape index (κ1) is 17.5. The van der Waals surface area contributed by atoms with Crippen molar-refractivity contribution in [2.75, 3.05) is 6.61 Å². The number of nitrogens with one attached hydrogen (secondary N) is 1. The molecule has 0 aliphatic carbocycles. The lowest BCUT2D eigenvalue weighted by Gasteiger charge is -2.14. The van der Waals surface area contributed by atoms with E-state index in [0.717, 1.165) is 0 Å². The van der Waals surface area contributed by atoms with Crippen molar-refractivity contribution in [3.8, 4) is 0 Å². The van der Waals surface area contributed by atoms with Crippen molar-refractivity contribution in [3.05, 3.63) is 29.3 Å². The molecule has 0 aliphatic rings. The van der Waals surface area contributed by atoms with E-state index in [0.29, 0.717) is 25.0 Å². The molecular weight excluding hydrogens is 308 g/mol. The molecule has 0 saturated carbocycles. The second kappa shape index (κ2) is 6.92. The second-order valence-electron chi connectivity index (χ2n) is 4.46. The Hall–Kier alpha value is -1.58. The molecule has 21 heavy (non-hydrogen) atoms. The molecule has 0 bridgehead atoms. The molecule has 1 aromatic carbocycles. The van der Waals surface area contributed by atoms with Crippen LogP contribution in [0.25, 0.3) is 0 Å². The van der Waals surface area contributed by atoms with E-state index >= 15 is 0 Å². The molecule has 0 saturated heterocycles. The van der Waals surface area contributed by atoms with Gasteiger partial charge in [-0.2, -0.15) is 0 Å². The van der Waals surface area contributed by atoms with Crippen LogP contribution in [0.5, 0.6) is 0 Å². The Balaban J connectivity index is 3.16. The Morgan fingerprint density at radius 3 is 2.52 bits per heavy atom. The predicted molar refractivity (Wildman–Crippen MR) is 69.4 cm³/mol. The van der Waals surface area contributed by atoms with Crippen molar-refractivity contribution in [2.24, 2.45) is 0 Å². The summed E-state index contributed by atoms with van der Waals surface area (Å²) < 4.78 is 53.0. The number of aliphatic hydroxyl groups excluding tert-OH is 1. The van der Waals surface area contributed by atoms with Gasteiger partial charge in [0.15, 0.2) is 11.6 Å². The van der Waals surface area contributed by atoms with E-state index in [1.165, 1.54) is 6.92 Å². The molecule has 1 rings (SSSR count). The van der Waals surface area contributed by atoms with Gasteiger partial charge in [0.1, 0.15) is 4.90 Å². The molecule has 3 N–H and O–H groups in total. The van der Waals surface area contributed by atoms with Gasteiger partial charge in [0.2, 0.25) is 10.0 Å². The molecule has 0 radical (unpaired) electrons. The molecule has 1 atom stereocenters. The Morgan fingerprint density at radius 2 is 2.00 bits per heavy atom. The van der Waals surface area contributed by atoms with Crippen molar-refractivity contribution in [3.63, 3.8) is 0 Å². The van der Waals surface area contributed by atoms with Crippen LogP contribution >= 0.6 is 0 Å². The lowest BCUT2D eigenvalue weighted by Crippen LogP contribution is -2.33. The zero-order valence-corrected chi connectivity index (χ0v) is 12.0. The Labute approximate surface area is 120 Å². The number of hydrogen-bond acceptors (Lipinski definition) is 4. The quantitative estimate of drug-likeness (QED) is 0.697. The predicted octanol–water partition coefficient (Wildman–Crippen LogP) is 1.10. The highest BCUT2D eigenvalue weighted by Crippen LogP contribution is 2.20. The average Bonchev–Trinajstić information content (AvgIpc) is 2.38. The van der Waals surface area contributed by atoms with Gasteiger partial charge in [-0.05, 0) is 31.9 Å². The number of aliphatic hydroxyl groups is 1. The standard InChI is InChI=1S/C12H15F2NO5S/c1-7(3-2-4-16)15-21(19,20)10-6-8(12(17)18)5-9(13)11(10)14/h5-7,15-16H,2-4H2,1H3,(H,17,18). The lowest BCUT2D eigenvalue weighted by molar-refractivity contribution is 0.0696. The third kappa shape index (κ3) is 4.45. The van der Waals surface area contributed by atoms with Crippen LogP contribution in [-0.2, 0) is 10.0 Å². The summed E-state index contributed by atoms with van der Waals surface area (Å²) in [6.07, 6.45) is 0.619. The van der Waals surface area contributed by atoms with Gasteiger partial charge in [0.25, 0.3) is 0 Å². The number of aromatic carboxylic acids is 1. The van der Waals surface area contributed by atoms with E-state index in [9.17, 15) is 22.0 Å². The van der Waals surface area contributed by atoms with E-state index in [1.54, 1.807) is 0 Å². The van der Waals surface area contributed by atoms with Gasteiger partial charge in [0, 0.05) is 12.6 Å². The van der Waals surface area contributed by atoms with E-state index in [2.05, 4.69) is 4.72 Å². The summed E-state index contributed by atoms with van der Waals surface area (Å²) in [7, 11) is -4.41. The number of carboxylic acids is 1. The van der Waals surface area contributed by atoms with Crippen LogP contribution in [0, 0.1) is 11.6 Å². The molecule has 0 spiro atoms. The van der Waals surface area contributed by atoms with Crippen molar-refractivity contribution in [1.82, 2.24) is 4.72 Å². The maximum atomic E-state index is 13.6. The molecule has 1 aromatic rings. The SMILES string of the molecule is CC(CCCO)NS(=O)(=O)c1cc(C(=O)O)cc(F)c1F. The summed E-state index contributed by atoms with van der Waals surface area (Å²) in [5, 5.41) is 17.4. The highest BCUT2D eigenvalue weighted by Gasteiger charge is 2.25. The molecule has 1 unspecified atom stereocenters. The summed E-state index contributed by atoms with van der Waals surface area (Å²) in [5.41, 5.74) is -0.669. The summed E-state index contributed by atoms with van der Waals surface area (Å²) in [6.45, 7) is 1.35. The first-order valence-corrected chi connectivity index (χ1v) is 7.53. The van der Waals surface area contributed by atoms with Crippen LogP contribution < -0.4 is 4.72 Å². The summed E-state index contributed by atoms with van der Waals surface area (Å²) in [5.74, 6) is -4.76. The third-order valence-electron chi connectivity index (χ3n) is 2.68. The van der Waals surface area contributed by atoms with Gasteiger partial charge in [0.05, 0.1) is 5.56 Å². The van der Waals surface area contributed by atoms with Crippen LogP contribution in [0.2, 0.25) is 0 Å². The maximum Gasteiger partial charge on any atom is 0.335 e. The number of hydrogen-bond donors (Lipinski definition) is 3. The zero-order chi connectivity index (χ0) is 16.2. The highest BCUT2D eigenvalue weighted by atomic mass is 32.2. The number of benzene rings is 1. The molecular formula is C12H15F2NO5S. The minimum atomic E-state index is -4.41. The molecule has 0 aromatic heterocycles. The monoisotopic (exact) mass is 323 g/mol. The average molecular weight is 323 g/mol. The molecule has 9 heteroatoms. The van der Waals surface area contributed by atoms with Crippen LogP contribution in [-0.4, -0.2) is 37.2 Å². The topological polar surface area (TPSA) is 104 Å². The van der Waals surface area contributed by atoms with Crippen molar-refractivity contribution in [1.29, 1.82) is 0 Å². The molecule has 0 aliphatic heterocycles. The first-order chi connectivity index (χ1) is 9.69. The van der Waals surface area contributed by atoms with Crippen molar-refractivity contribution in [2.45, 2.75) is 30.7 Å². The number of carbonyl (C=O) groups is 1.